The van der Waals surface area contributed by atoms with Gasteiger partial charge in [-0.1, -0.05) is 6.92 Å². The zero-order chi connectivity index (χ0) is 9.76. The van der Waals surface area contributed by atoms with Gasteiger partial charge in [0.1, 0.15) is 0 Å². The smallest absolute Gasteiger partial charge is 0.0622 e. The molecule has 3 heterocycles. The molecule has 14 heavy (non-hydrogen) atoms. The second-order valence-corrected chi connectivity index (χ2v) is 5.58. The van der Waals surface area contributed by atoms with Crippen molar-refractivity contribution >= 4 is 0 Å². The lowest BCUT2D eigenvalue weighted by Gasteiger charge is -2.74. The Hall–Kier alpha value is -0.550. The van der Waals surface area contributed by atoms with Gasteiger partial charge in [-0.05, 0) is 38.0 Å². The molecule has 76 valence electrons. The van der Waals surface area contributed by atoms with Gasteiger partial charge in [0.2, 0.25) is 0 Å². The maximum Gasteiger partial charge on any atom is 0.0622 e. The molecule has 3 rings (SSSR count). The van der Waals surface area contributed by atoms with Gasteiger partial charge in [0.05, 0.1) is 6.07 Å². The molecule has 0 radical (unpaired) electrons. The van der Waals surface area contributed by atoms with E-state index in [1.165, 1.54) is 25.7 Å². The van der Waals surface area contributed by atoms with E-state index in [2.05, 4.69) is 17.9 Å². The van der Waals surface area contributed by atoms with Crippen LogP contribution in [0, 0.1) is 17.2 Å². The van der Waals surface area contributed by atoms with Crippen molar-refractivity contribution < 1.29 is 0 Å². The van der Waals surface area contributed by atoms with Gasteiger partial charge >= 0.3 is 0 Å². The Morgan fingerprint density at radius 3 is 2.57 bits per heavy atom. The van der Waals surface area contributed by atoms with E-state index in [9.17, 15) is 0 Å². The van der Waals surface area contributed by atoms with Crippen LogP contribution < -0.4 is 0 Å². The Balaban J connectivity index is 1.67. The van der Waals surface area contributed by atoms with Crippen LogP contribution in [0.3, 0.4) is 0 Å². The average Bonchev–Trinajstić information content (AvgIpc) is 2.08. The van der Waals surface area contributed by atoms with Crippen LogP contribution in [0.15, 0.2) is 0 Å². The third-order valence-corrected chi connectivity index (χ3v) is 4.62. The molecule has 3 fully saturated rings. The third-order valence-electron chi connectivity index (χ3n) is 4.62. The fourth-order valence-corrected chi connectivity index (χ4v) is 4.26. The number of piperidine rings is 2. The van der Waals surface area contributed by atoms with Crippen molar-refractivity contribution in [2.24, 2.45) is 5.92 Å². The Labute approximate surface area is 85.9 Å². The fourth-order valence-electron chi connectivity index (χ4n) is 4.26. The highest BCUT2D eigenvalue weighted by Crippen LogP contribution is 2.59. The molecule has 0 saturated carbocycles. The second-order valence-electron chi connectivity index (χ2n) is 5.58. The summed E-state index contributed by atoms with van der Waals surface area (Å²) in [6.07, 6.45) is 7.47. The lowest BCUT2D eigenvalue weighted by molar-refractivity contribution is -0.229. The minimum absolute atomic E-state index is 0.505. The minimum atomic E-state index is 0.505. The summed E-state index contributed by atoms with van der Waals surface area (Å²) in [5.74, 6) is 0.940. The van der Waals surface area contributed by atoms with E-state index in [0.29, 0.717) is 5.54 Å². The first-order valence-electron chi connectivity index (χ1n) is 5.90. The predicted molar refractivity (Wildman–Crippen MR) is 54.6 cm³/mol. The van der Waals surface area contributed by atoms with Crippen molar-refractivity contribution in [1.29, 1.82) is 5.26 Å². The highest BCUT2D eigenvalue weighted by molar-refractivity contribution is 5.20. The first kappa shape index (κ1) is 8.73. The van der Waals surface area contributed by atoms with E-state index >= 15 is 0 Å². The van der Waals surface area contributed by atoms with Gasteiger partial charge in [-0.2, -0.15) is 5.26 Å². The summed E-state index contributed by atoms with van der Waals surface area (Å²) < 4.78 is 0. The fraction of sp³-hybridized carbons (Fsp3) is 0.917. The lowest BCUT2D eigenvalue weighted by Crippen LogP contribution is -2.80. The van der Waals surface area contributed by atoms with Crippen LogP contribution in [-0.4, -0.2) is 22.5 Å². The van der Waals surface area contributed by atoms with Crippen LogP contribution in [0.4, 0.5) is 0 Å². The van der Waals surface area contributed by atoms with Crippen molar-refractivity contribution in [1.82, 2.24) is 4.90 Å². The van der Waals surface area contributed by atoms with Crippen molar-refractivity contribution in [2.45, 2.75) is 63.1 Å². The molecule has 0 aliphatic carbocycles. The molecule has 4 atom stereocenters. The van der Waals surface area contributed by atoms with Gasteiger partial charge in [-0.15, -0.1) is 0 Å². The molecule has 0 spiro atoms. The summed E-state index contributed by atoms with van der Waals surface area (Å²) in [5, 5.41) is 8.64. The van der Waals surface area contributed by atoms with Crippen molar-refractivity contribution in [3.05, 3.63) is 0 Å². The van der Waals surface area contributed by atoms with Crippen LogP contribution in [0.1, 0.15) is 45.4 Å². The number of nitrogens with zero attached hydrogens (tertiary/aromatic N) is 2. The normalized spacial score (nSPS) is 49.9. The van der Waals surface area contributed by atoms with Gasteiger partial charge in [-0.3, -0.25) is 4.90 Å². The summed E-state index contributed by atoms with van der Waals surface area (Å²) >= 11 is 0. The highest BCUT2D eigenvalue weighted by atomic mass is 15.4. The summed E-state index contributed by atoms with van der Waals surface area (Å²) in [6, 6.07) is 4.06. The van der Waals surface area contributed by atoms with Crippen molar-refractivity contribution in [2.75, 3.05) is 0 Å². The zero-order valence-electron chi connectivity index (χ0n) is 8.87. The number of nitriles is 1. The maximum absolute atomic E-state index is 8.64. The molecule has 3 aliphatic heterocycles. The predicted octanol–water partition coefficient (Wildman–Crippen LogP) is 2.31. The molecular formula is C12H18N2. The quantitative estimate of drug-likeness (QED) is 0.668. The van der Waals surface area contributed by atoms with Gasteiger partial charge in [0.15, 0.2) is 0 Å². The molecule has 2 heteroatoms. The Bertz CT molecular complexity index is 275. The number of hydrogen-bond acceptors (Lipinski definition) is 2. The standard InChI is InChI=1S/C12H18N2/c1-9-5-10-7-12(3-2-4-13)8-11(6-9)14(10)12/h9-11H,2-3,5-8H2,1H3/t9-,10+,11-,12?. The topological polar surface area (TPSA) is 27.0 Å². The Morgan fingerprint density at radius 2 is 2.00 bits per heavy atom. The molecule has 0 aromatic carbocycles. The average molecular weight is 190 g/mol. The van der Waals surface area contributed by atoms with E-state index in [4.69, 9.17) is 5.26 Å². The molecule has 0 amide bonds. The van der Waals surface area contributed by atoms with Gasteiger partial charge < -0.3 is 0 Å². The van der Waals surface area contributed by atoms with Crippen LogP contribution in [-0.2, 0) is 0 Å². The van der Waals surface area contributed by atoms with E-state index in [-0.39, 0.29) is 0 Å². The maximum atomic E-state index is 8.64. The highest BCUT2D eigenvalue weighted by Gasteiger charge is 2.63. The van der Waals surface area contributed by atoms with E-state index in [0.717, 1.165) is 30.8 Å². The van der Waals surface area contributed by atoms with Gasteiger partial charge in [0.25, 0.3) is 0 Å². The largest absolute Gasteiger partial charge is 0.291 e. The third kappa shape index (κ3) is 0.941. The lowest BCUT2D eigenvalue weighted by atomic mass is 9.57. The van der Waals surface area contributed by atoms with E-state index < -0.39 is 0 Å². The first-order chi connectivity index (χ1) is 6.75. The molecule has 0 aromatic heterocycles. The van der Waals surface area contributed by atoms with Crippen molar-refractivity contribution in [3.8, 4) is 6.07 Å². The van der Waals surface area contributed by atoms with Crippen LogP contribution in [0.2, 0.25) is 0 Å². The Kier molecular flexibility index (Phi) is 1.70. The zero-order valence-corrected chi connectivity index (χ0v) is 8.87. The Morgan fingerprint density at radius 1 is 1.36 bits per heavy atom. The minimum Gasteiger partial charge on any atom is -0.291 e. The molecule has 0 bridgehead atoms. The van der Waals surface area contributed by atoms with E-state index in [1.807, 2.05) is 0 Å². The van der Waals surface area contributed by atoms with Crippen LogP contribution >= 0.6 is 0 Å². The summed E-state index contributed by atoms with van der Waals surface area (Å²) in [4.78, 5) is 2.74. The molecule has 0 aromatic rings. The molecule has 3 aliphatic rings. The summed E-state index contributed by atoms with van der Waals surface area (Å²) in [6.45, 7) is 2.39. The number of hydrogen-bond donors (Lipinski definition) is 0. The van der Waals surface area contributed by atoms with Crippen LogP contribution in [0.5, 0.6) is 0 Å². The second kappa shape index (κ2) is 2.73. The summed E-state index contributed by atoms with van der Waals surface area (Å²) in [7, 11) is 0. The first-order valence-corrected chi connectivity index (χ1v) is 5.90. The van der Waals surface area contributed by atoms with E-state index in [1.54, 1.807) is 0 Å². The van der Waals surface area contributed by atoms with Crippen LogP contribution in [0.25, 0.3) is 0 Å². The molecule has 2 nitrogen and oxygen atoms in total. The molecular weight excluding hydrogens is 172 g/mol. The summed E-state index contributed by atoms with van der Waals surface area (Å²) in [5.41, 5.74) is 0.505. The molecule has 1 unspecified atom stereocenters. The SMILES string of the molecule is C[C@H]1C[C@@H]2CC3(CCC#N)C[C@H](C1)N23. The monoisotopic (exact) mass is 190 g/mol. The van der Waals surface area contributed by atoms with Gasteiger partial charge in [-0.25, -0.2) is 0 Å². The van der Waals surface area contributed by atoms with Crippen molar-refractivity contribution in [3.63, 3.8) is 0 Å². The molecule has 0 N–H and O–H groups in total. The van der Waals surface area contributed by atoms with Gasteiger partial charge in [0, 0.05) is 24.0 Å². The number of rotatable bonds is 2. The molecule has 3 saturated heterocycles.